The normalized spacial score (nSPS) is 10.6. The van der Waals surface area contributed by atoms with Crippen LogP contribution in [0.5, 0.6) is 0 Å². The van der Waals surface area contributed by atoms with E-state index in [1.807, 2.05) is 0 Å². The molecule has 0 spiro atoms. The molecule has 4 nitrogen and oxygen atoms in total. The highest BCUT2D eigenvalue weighted by Gasteiger charge is 2.05. The van der Waals surface area contributed by atoms with Gasteiger partial charge in [0.15, 0.2) is 0 Å². The Labute approximate surface area is 130 Å². The SMILES string of the molecule is Cc1cccc(C)c1CCCCc1ccn(C(=O)O)c(=O)c1. The Balaban J connectivity index is 1.91. The van der Waals surface area contributed by atoms with Crippen molar-refractivity contribution in [1.82, 2.24) is 4.57 Å². The molecular formula is C18H21NO3. The summed E-state index contributed by atoms with van der Waals surface area (Å²) in [6.07, 6.45) is 3.93. The summed E-state index contributed by atoms with van der Waals surface area (Å²) in [6.45, 7) is 4.27. The van der Waals surface area contributed by atoms with E-state index in [0.29, 0.717) is 4.57 Å². The van der Waals surface area contributed by atoms with Crippen LogP contribution in [0.3, 0.4) is 0 Å². The van der Waals surface area contributed by atoms with E-state index in [-0.39, 0.29) is 0 Å². The molecule has 1 aromatic heterocycles. The minimum absolute atomic E-state index is 0.486. The number of hydrogen-bond donors (Lipinski definition) is 1. The molecule has 0 aliphatic heterocycles. The molecule has 0 bridgehead atoms. The lowest BCUT2D eigenvalue weighted by molar-refractivity contribution is 0.195. The van der Waals surface area contributed by atoms with Crippen molar-refractivity contribution in [2.45, 2.75) is 39.5 Å². The van der Waals surface area contributed by atoms with Crippen molar-refractivity contribution in [1.29, 1.82) is 0 Å². The molecule has 0 saturated heterocycles. The quantitative estimate of drug-likeness (QED) is 0.859. The smallest absolute Gasteiger partial charge is 0.418 e. The predicted molar refractivity (Wildman–Crippen MR) is 86.7 cm³/mol. The number of aromatic nitrogens is 1. The summed E-state index contributed by atoms with van der Waals surface area (Å²) >= 11 is 0. The molecule has 22 heavy (non-hydrogen) atoms. The molecule has 0 aliphatic carbocycles. The van der Waals surface area contributed by atoms with Gasteiger partial charge in [0.1, 0.15) is 0 Å². The maximum absolute atomic E-state index is 11.6. The molecule has 2 aromatic rings. The Morgan fingerprint density at radius 1 is 1.09 bits per heavy atom. The number of carboxylic acid groups (broad SMARTS) is 1. The van der Waals surface area contributed by atoms with Crippen LogP contribution in [0.15, 0.2) is 41.3 Å². The van der Waals surface area contributed by atoms with E-state index in [4.69, 9.17) is 5.11 Å². The summed E-state index contributed by atoms with van der Waals surface area (Å²) in [4.78, 5) is 22.4. The van der Waals surface area contributed by atoms with Gasteiger partial charge in [0.25, 0.3) is 5.56 Å². The van der Waals surface area contributed by atoms with Gasteiger partial charge in [-0.25, -0.2) is 9.36 Å². The Morgan fingerprint density at radius 3 is 2.32 bits per heavy atom. The molecule has 0 aliphatic rings. The first-order valence-corrected chi connectivity index (χ1v) is 7.49. The third-order valence-corrected chi connectivity index (χ3v) is 3.98. The van der Waals surface area contributed by atoms with Gasteiger partial charge in [-0.2, -0.15) is 0 Å². The van der Waals surface area contributed by atoms with Crippen LogP contribution in [0.25, 0.3) is 0 Å². The van der Waals surface area contributed by atoms with E-state index < -0.39 is 11.7 Å². The number of rotatable bonds is 5. The van der Waals surface area contributed by atoms with Gasteiger partial charge in [-0.3, -0.25) is 4.79 Å². The zero-order chi connectivity index (χ0) is 16.1. The summed E-state index contributed by atoms with van der Waals surface area (Å²) in [5.41, 5.74) is 4.46. The van der Waals surface area contributed by atoms with E-state index in [1.54, 1.807) is 6.07 Å². The number of unbranched alkanes of at least 4 members (excludes halogenated alkanes) is 1. The third-order valence-electron chi connectivity index (χ3n) is 3.98. The van der Waals surface area contributed by atoms with Gasteiger partial charge >= 0.3 is 6.09 Å². The lowest BCUT2D eigenvalue weighted by Crippen LogP contribution is -2.24. The molecule has 0 radical (unpaired) electrons. The molecule has 2 rings (SSSR count). The minimum Gasteiger partial charge on any atom is -0.464 e. The fourth-order valence-electron chi connectivity index (χ4n) is 2.71. The lowest BCUT2D eigenvalue weighted by atomic mass is 9.97. The molecule has 116 valence electrons. The van der Waals surface area contributed by atoms with E-state index in [1.165, 1.54) is 29.0 Å². The number of pyridine rings is 1. The largest absolute Gasteiger partial charge is 0.464 e. The van der Waals surface area contributed by atoms with Crippen molar-refractivity contribution in [3.05, 3.63) is 69.1 Å². The molecule has 0 atom stereocenters. The Morgan fingerprint density at radius 2 is 1.73 bits per heavy atom. The van der Waals surface area contributed by atoms with Gasteiger partial charge in [-0.05, 0) is 67.9 Å². The first-order chi connectivity index (χ1) is 10.5. The molecule has 0 amide bonds. The Kier molecular flexibility index (Phi) is 5.15. The van der Waals surface area contributed by atoms with Crippen molar-refractivity contribution in [3.63, 3.8) is 0 Å². The van der Waals surface area contributed by atoms with Crippen LogP contribution in [-0.4, -0.2) is 15.8 Å². The van der Waals surface area contributed by atoms with Crippen LogP contribution >= 0.6 is 0 Å². The van der Waals surface area contributed by atoms with Crippen molar-refractivity contribution in [3.8, 4) is 0 Å². The molecule has 1 aromatic carbocycles. The summed E-state index contributed by atoms with van der Waals surface area (Å²) in [5, 5.41) is 8.81. The van der Waals surface area contributed by atoms with Gasteiger partial charge in [-0.15, -0.1) is 0 Å². The van der Waals surface area contributed by atoms with E-state index in [9.17, 15) is 9.59 Å². The summed E-state index contributed by atoms with van der Waals surface area (Å²) in [6, 6.07) is 9.45. The van der Waals surface area contributed by atoms with Gasteiger partial charge in [0, 0.05) is 12.3 Å². The van der Waals surface area contributed by atoms with Crippen molar-refractivity contribution in [2.24, 2.45) is 0 Å². The van der Waals surface area contributed by atoms with Crippen molar-refractivity contribution in [2.75, 3.05) is 0 Å². The zero-order valence-corrected chi connectivity index (χ0v) is 13.0. The fraction of sp³-hybridized carbons (Fsp3) is 0.333. The third kappa shape index (κ3) is 3.85. The summed E-state index contributed by atoms with van der Waals surface area (Å²) in [7, 11) is 0. The molecule has 0 fully saturated rings. The number of benzene rings is 1. The summed E-state index contributed by atoms with van der Waals surface area (Å²) < 4.78 is 0.695. The highest BCUT2D eigenvalue weighted by molar-refractivity contribution is 5.67. The van der Waals surface area contributed by atoms with E-state index in [0.717, 1.165) is 31.2 Å². The molecule has 1 heterocycles. The Hall–Kier alpha value is -2.36. The highest BCUT2D eigenvalue weighted by Crippen LogP contribution is 2.16. The van der Waals surface area contributed by atoms with Gasteiger partial charge < -0.3 is 5.11 Å². The standard InChI is InChI=1S/C18H21NO3/c1-13-6-5-7-14(2)16(13)9-4-3-8-15-10-11-19(18(21)22)17(20)12-15/h5-7,10-12H,3-4,8-9H2,1-2H3,(H,21,22). The second-order valence-corrected chi connectivity index (χ2v) is 5.60. The predicted octanol–water partition coefficient (Wildman–Crippen LogP) is 3.56. The van der Waals surface area contributed by atoms with Gasteiger partial charge in [0.05, 0.1) is 0 Å². The van der Waals surface area contributed by atoms with Crippen LogP contribution in [-0.2, 0) is 12.8 Å². The maximum Gasteiger partial charge on any atom is 0.418 e. The molecular weight excluding hydrogens is 278 g/mol. The van der Waals surface area contributed by atoms with Crippen molar-refractivity contribution < 1.29 is 9.90 Å². The van der Waals surface area contributed by atoms with Gasteiger partial charge in [0.2, 0.25) is 0 Å². The molecule has 4 heteroatoms. The topological polar surface area (TPSA) is 59.3 Å². The second-order valence-electron chi connectivity index (χ2n) is 5.60. The minimum atomic E-state index is -1.24. The van der Waals surface area contributed by atoms with E-state index in [2.05, 4.69) is 32.0 Å². The molecule has 0 saturated carbocycles. The fourth-order valence-corrected chi connectivity index (χ4v) is 2.71. The first kappa shape index (κ1) is 16.0. The van der Waals surface area contributed by atoms with Crippen LogP contribution in [0.2, 0.25) is 0 Å². The monoisotopic (exact) mass is 299 g/mol. The highest BCUT2D eigenvalue weighted by atomic mass is 16.4. The number of hydrogen-bond acceptors (Lipinski definition) is 2. The molecule has 0 unspecified atom stereocenters. The zero-order valence-electron chi connectivity index (χ0n) is 13.0. The summed E-state index contributed by atoms with van der Waals surface area (Å²) in [5.74, 6) is 0. The van der Waals surface area contributed by atoms with E-state index >= 15 is 0 Å². The Bertz CT molecular complexity index is 711. The average molecular weight is 299 g/mol. The van der Waals surface area contributed by atoms with Crippen LogP contribution in [0.4, 0.5) is 4.79 Å². The first-order valence-electron chi connectivity index (χ1n) is 7.49. The molecule has 1 N–H and O–H groups in total. The second kappa shape index (κ2) is 7.07. The van der Waals surface area contributed by atoms with Crippen molar-refractivity contribution >= 4 is 6.09 Å². The number of nitrogens with zero attached hydrogens (tertiary/aromatic N) is 1. The maximum atomic E-state index is 11.6. The van der Waals surface area contributed by atoms with Gasteiger partial charge in [-0.1, -0.05) is 18.2 Å². The van der Waals surface area contributed by atoms with Crippen LogP contribution in [0, 0.1) is 13.8 Å². The number of carbonyl (C=O) groups is 1. The number of aryl methyl sites for hydroxylation is 3. The lowest BCUT2D eigenvalue weighted by Gasteiger charge is -2.09. The van der Waals surface area contributed by atoms with Crippen LogP contribution in [0.1, 0.15) is 35.1 Å². The average Bonchev–Trinajstić information content (AvgIpc) is 2.45. The van der Waals surface area contributed by atoms with Crippen LogP contribution < -0.4 is 5.56 Å².